The van der Waals surface area contributed by atoms with Crippen molar-refractivity contribution in [2.75, 3.05) is 33.4 Å². The van der Waals surface area contributed by atoms with Crippen molar-refractivity contribution in [3.63, 3.8) is 0 Å². The molecule has 2 fully saturated rings. The standard InChI is InChI=1S/C30H33Cl2N3O4/c1-19(2)39-26-18-24(37-3)12-13-25(26)30(29(36)35-14-16-38-17-15-35)33-27(20-4-8-22(31)9-5-20)28(34-30)21-6-10-23(32)11-7-21/h4-13,18-19,27-28,33-34H,14-17H2,1-3H3. The molecule has 5 rings (SSSR count). The van der Waals surface area contributed by atoms with Gasteiger partial charge >= 0.3 is 0 Å². The third kappa shape index (κ3) is 5.74. The third-order valence-corrected chi connectivity index (χ3v) is 7.61. The van der Waals surface area contributed by atoms with Gasteiger partial charge in [0.15, 0.2) is 5.66 Å². The maximum absolute atomic E-state index is 14.6. The smallest absolute Gasteiger partial charge is 0.262 e. The van der Waals surface area contributed by atoms with E-state index < -0.39 is 5.66 Å². The number of rotatable bonds is 7. The van der Waals surface area contributed by atoms with E-state index in [1.807, 2.05) is 85.5 Å². The van der Waals surface area contributed by atoms with Crippen LogP contribution in [0.3, 0.4) is 0 Å². The zero-order valence-electron chi connectivity index (χ0n) is 22.2. The molecule has 2 atom stereocenters. The lowest BCUT2D eigenvalue weighted by molar-refractivity contribution is -0.143. The summed E-state index contributed by atoms with van der Waals surface area (Å²) in [5, 5.41) is 8.74. The highest BCUT2D eigenvalue weighted by molar-refractivity contribution is 6.30. The number of methoxy groups -OCH3 is 1. The van der Waals surface area contributed by atoms with E-state index in [1.54, 1.807) is 7.11 Å². The molecule has 0 bridgehead atoms. The Morgan fingerprint density at radius 1 is 0.923 bits per heavy atom. The van der Waals surface area contributed by atoms with E-state index in [9.17, 15) is 4.79 Å². The van der Waals surface area contributed by atoms with Crippen LogP contribution in [0.15, 0.2) is 66.7 Å². The van der Waals surface area contributed by atoms with Crippen LogP contribution in [-0.4, -0.2) is 50.3 Å². The van der Waals surface area contributed by atoms with Gasteiger partial charge in [0.25, 0.3) is 5.91 Å². The predicted octanol–water partition coefficient (Wildman–Crippen LogP) is 5.48. The van der Waals surface area contributed by atoms with Crippen molar-refractivity contribution in [1.82, 2.24) is 15.5 Å². The average molecular weight is 571 g/mol. The number of nitrogens with one attached hydrogen (secondary N) is 2. The van der Waals surface area contributed by atoms with Crippen molar-refractivity contribution in [2.24, 2.45) is 0 Å². The van der Waals surface area contributed by atoms with Gasteiger partial charge in [0.2, 0.25) is 0 Å². The number of morpholine rings is 1. The number of carbonyl (C=O) groups is 1. The fraction of sp³-hybridized carbons (Fsp3) is 0.367. The van der Waals surface area contributed by atoms with Crippen LogP contribution in [0.4, 0.5) is 0 Å². The lowest BCUT2D eigenvalue weighted by atomic mass is 9.95. The van der Waals surface area contributed by atoms with E-state index in [0.717, 1.165) is 11.1 Å². The second-order valence-electron chi connectivity index (χ2n) is 10.0. The molecule has 2 N–H and O–H groups in total. The van der Waals surface area contributed by atoms with Gasteiger partial charge in [-0.05, 0) is 61.4 Å². The molecule has 0 radical (unpaired) electrons. The van der Waals surface area contributed by atoms with E-state index in [2.05, 4.69) is 10.6 Å². The first-order valence-corrected chi connectivity index (χ1v) is 13.8. The second-order valence-corrected chi connectivity index (χ2v) is 10.9. The minimum absolute atomic E-state index is 0.0972. The highest BCUT2D eigenvalue weighted by Crippen LogP contribution is 2.45. The Labute approximate surface area is 239 Å². The first-order chi connectivity index (χ1) is 18.8. The number of hydrogen-bond donors (Lipinski definition) is 2. The Kier molecular flexibility index (Phi) is 8.35. The van der Waals surface area contributed by atoms with Crippen molar-refractivity contribution in [2.45, 2.75) is 37.7 Å². The lowest BCUT2D eigenvalue weighted by Gasteiger charge is -2.38. The number of ether oxygens (including phenoxy) is 3. The summed E-state index contributed by atoms with van der Waals surface area (Å²) in [5.41, 5.74) is 1.36. The molecule has 2 saturated heterocycles. The van der Waals surface area contributed by atoms with Crippen LogP contribution < -0.4 is 20.1 Å². The van der Waals surface area contributed by atoms with E-state index in [1.165, 1.54) is 0 Å². The van der Waals surface area contributed by atoms with Gasteiger partial charge in [0.1, 0.15) is 11.5 Å². The first-order valence-electron chi connectivity index (χ1n) is 13.1. The number of halogens is 2. The molecule has 2 heterocycles. The van der Waals surface area contributed by atoms with Crippen LogP contribution in [0, 0.1) is 0 Å². The molecule has 9 heteroatoms. The molecular weight excluding hydrogens is 537 g/mol. The van der Waals surface area contributed by atoms with Crippen molar-refractivity contribution in [3.8, 4) is 11.5 Å². The monoisotopic (exact) mass is 569 g/mol. The molecule has 39 heavy (non-hydrogen) atoms. The molecule has 0 spiro atoms. The molecule has 1 amide bonds. The summed E-state index contributed by atoms with van der Waals surface area (Å²) in [7, 11) is 1.61. The number of carbonyl (C=O) groups excluding carboxylic acids is 1. The van der Waals surface area contributed by atoms with Crippen molar-refractivity contribution in [3.05, 3.63) is 93.5 Å². The molecule has 0 aliphatic carbocycles. The number of nitrogens with zero attached hydrogens (tertiary/aromatic N) is 1. The highest BCUT2D eigenvalue weighted by atomic mass is 35.5. The van der Waals surface area contributed by atoms with E-state index in [0.29, 0.717) is 53.4 Å². The van der Waals surface area contributed by atoms with Crippen LogP contribution in [0.2, 0.25) is 10.0 Å². The number of hydrogen-bond acceptors (Lipinski definition) is 6. The fourth-order valence-electron chi connectivity index (χ4n) is 5.26. The topological polar surface area (TPSA) is 72.1 Å². The number of amides is 1. The van der Waals surface area contributed by atoms with Crippen molar-refractivity contribution >= 4 is 29.1 Å². The molecule has 2 aliphatic rings. The minimum atomic E-state index is -1.30. The second kappa shape index (κ2) is 11.7. The molecule has 7 nitrogen and oxygen atoms in total. The molecular formula is C30H33Cl2N3O4. The SMILES string of the molecule is COc1ccc(C2(C(=O)N3CCOCC3)NC(c3ccc(Cl)cc3)C(c3ccc(Cl)cc3)N2)c(OC(C)C)c1. The van der Waals surface area contributed by atoms with E-state index >= 15 is 0 Å². The van der Waals surface area contributed by atoms with Crippen LogP contribution in [0.25, 0.3) is 0 Å². The molecule has 0 saturated carbocycles. The van der Waals surface area contributed by atoms with Gasteiger partial charge in [-0.15, -0.1) is 0 Å². The van der Waals surface area contributed by atoms with Crippen LogP contribution in [0.1, 0.15) is 42.6 Å². The molecule has 206 valence electrons. The minimum Gasteiger partial charge on any atom is -0.497 e. The summed E-state index contributed by atoms with van der Waals surface area (Å²) in [6.07, 6.45) is -0.119. The van der Waals surface area contributed by atoms with Gasteiger partial charge in [-0.1, -0.05) is 47.5 Å². The molecule has 2 aliphatic heterocycles. The quantitative estimate of drug-likeness (QED) is 0.393. The fourth-order valence-corrected chi connectivity index (χ4v) is 5.51. The van der Waals surface area contributed by atoms with Gasteiger partial charge < -0.3 is 19.1 Å². The molecule has 3 aromatic rings. The van der Waals surface area contributed by atoms with Gasteiger partial charge in [-0.3, -0.25) is 15.4 Å². The largest absolute Gasteiger partial charge is 0.497 e. The number of benzene rings is 3. The zero-order valence-corrected chi connectivity index (χ0v) is 23.8. The Bertz CT molecular complexity index is 1240. The molecule has 0 aromatic heterocycles. The lowest BCUT2D eigenvalue weighted by Crippen LogP contribution is -2.60. The normalized spacial score (nSPS) is 23.2. The maximum Gasteiger partial charge on any atom is 0.262 e. The van der Waals surface area contributed by atoms with Crippen LogP contribution >= 0.6 is 23.2 Å². The molecule has 2 unspecified atom stereocenters. The van der Waals surface area contributed by atoms with Crippen LogP contribution in [-0.2, 0) is 15.2 Å². The van der Waals surface area contributed by atoms with Crippen molar-refractivity contribution < 1.29 is 19.0 Å². The highest BCUT2D eigenvalue weighted by Gasteiger charge is 2.54. The van der Waals surface area contributed by atoms with Gasteiger partial charge in [0, 0.05) is 34.8 Å². The predicted molar refractivity (Wildman–Crippen MR) is 152 cm³/mol. The Balaban J connectivity index is 1.69. The average Bonchev–Trinajstić information content (AvgIpc) is 3.35. The summed E-state index contributed by atoms with van der Waals surface area (Å²) in [6, 6.07) is 20.4. The summed E-state index contributed by atoms with van der Waals surface area (Å²) >= 11 is 12.5. The van der Waals surface area contributed by atoms with E-state index in [-0.39, 0.29) is 24.1 Å². The first kappa shape index (κ1) is 27.7. The molecule has 3 aromatic carbocycles. The van der Waals surface area contributed by atoms with E-state index in [4.69, 9.17) is 37.4 Å². The Hall–Kier alpha value is -2.81. The zero-order chi connectivity index (χ0) is 27.6. The summed E-state index contributed by atoms with van der Waals surface area (Å²) in [4.78, 5) is 16.4. The van der Waals surface area contributed by atoms with Gasteiger partial charge in [0.05, 0.1) is 38.5 Å². The van der Waals surface area contributed by atoms with Gasteiger partial charge in [-0.25, -0.2) is 0 Å². The third-order valence-electron chi connectivity index (χ3n) is 7.11. The van der Waals surface area contributed by atoms with Crippen LogP contribution in [0.5, 0.6) is 11.5 Å². The maximum atomic E-state index is 14.6. The van der Waals surface area contributed by atoms with Crippen molar-refractivity contribution in [1.29, 1.82) is 0 Å². The summed E-state index contributed by atoms with van der Waals surface area (Å²) in [5.74, 6) is 1.11. The summed E-state index contributed by atoms with van der Waals surface area (Å²) in [6.45, 7) is 5.89. The van der Waals surface area contributed by atoms with Gasteiger partial charge in [-0.2, -0.15) is 0 Å². The summed E-state index contributed by atoms with van der Waals surface area (Å²) < 4.78 is 17.4. The Morgan fingerprint density at radius 2 is 1.46 bits per heavy atom. The Morgan fingerprint density at radius 3 is 1.95 bits per heavy atom.